The molecule has 10 atom stereocenters. The molecule has 35 nitrogen and oxygen atoms in total. The number of aliphatic imine (C=N–C) groups is 2. The zero-order valence-electron chi connectivity index (χ0n) is 47.9. The number of unbranched alkanes of at least 4 members (excludes halogenated alkanes) is 1. The molecule has 3 aromatic heterocycles. The maximum Gasteiger partial charge on any atom is 0.326 e. The Balaban J connectivity index is 1.75. The second-order valence-electron chi connectivity index (χ2n) is 20.2. The third-order valence-corrected chi connectivity index (χ3v) is 12.8. The molecule has 26 N–H and O–H groups in total. The lowest BCUT2D eigenvalue weighted by Gasteiger charge is -2.29. The Morgan fingerprint density at radius 3 is 1.42 bits per heavy atom. The number of aliphatic hydroxyl groups excluding tert-OH is 1. The molecule has 0 aliphatic heterocycles. The fourth-order valence-corrected chi connectivity index (χ4v) is 8.11. The van der Waals surface area contributed by atoms with Gasteiger partial charge in [-0.05, 0) is 71.3 Å². The van der Waals surface area contributed by atoms with Crippen molar-refractivity contribution in [3.8, 4) is 0 Å². The number of amides is 9. The van der Waals surface area contributed by atoms with Crippen molar-refractivity contribution in [3.63, 3.8) is 0 Å². The number of nitrogens with one attached hydrogen (secondary N) is 12. The molecule has 3 rings (SSSR count). The lowest BCUT2D eigenvalue weighted by Crippen LogP contribution is -2.61. The first-order valence-corrected chi connectivity index (χ1v) is 27.4. The van der Waals surface area contributed by atoms with Crippen LogP contribution in [0.1, 0.15) is 89.7 Å². The molecule has 0 radical (unpaired) electrons. The van der Waals surface area contributed by atoms with Gasteiger partial charge in [-0.3, -0.25) is 53.1 Å². The molecule has 0 bridgehead atoms. The average Bonchev–Trinajstić information content (AvgIpc) is 4.45. The van der Waals surface area contributed by atoms with Gasteiger partial charge in [-0.2, -0.15) is 0 Å². The number of imidazole rings is 3. The fraction of sp³-hybridized carbons (Fsp3) is 0.580. The summed E-state index contributed by atoms with van der Waals surface area (Å²) in [6.45, 7) is 5.42. The minimum Gasteiger partial charge on any atom is -0.480 e. The summed E-state index contributed by atoms with van der Waals surface area (Å²) < 4.78 is 0. The summed E-state index contributed by atoms with van der Waals surface area (Å²) in [5, 5.41) is 43.2. The van der Waals surface area contributed by atoms with Crippen LogP contribution in [0, 0.1) is 5.92 Å². The minimum atomic E-state index is -1.69. The van der Waals surface area contributed by atoms with Crippen molar-refractivity contribution < 1.29 is 58.2 Å². The van der Waals surface area contributed by atoms with Crippen LogP contribution in [0.2, 0.25) is 0 Å². The highest BCUT2D eigenvalue weighted by Crippen LogP contribution is 2.11. The quantitative estimate of drug-likeness (QED) is 0.0143. The summed E-state index contributed by atoms with van der Waals surface area (Å²) in [5.41, 5.74) is 34.6. The molecule has 0 saturated carbocycles. The van der Waals surface area contributed by atoms with Gasteiger partial charge in [0.15, 0.2) is 11.9 Å². The second-order valence-corrected chi connectivity index (χ2v) is 20.2. The van der Waals surface area contributed by atoms with Crippen LogP contribution in [0.5, 0.6) is 0 Å². The number of rotatable bonds is 39. The van der Waals surface area contributed by atoms with E-state index >= 15 is 0 Å². The molecule has 3 heterocycles. The smallest absolute Gasteiger partial charge is 0.326 e. The Morgan fingerprint density at radius 2 is 0.953 bits per heavy atom. The number of aromatic amines is 3. The largest absolute Gasteiger partial charge is 0.480 e. The minimum absolute atomic E-state index is 0.0139. The Hall–Kier alpha value is -9.25. The van der Waals surface area contributed by atoms with Gasteiger partial charge < -0.3 is 107 Å². The first-order valence-electron chi connectivity index (χ1n) is 27.4. The number of H-pyrrole nitrogens is 3. The number of carboxylic acids is 1. The van der Waals surface area contributed by atoms with E-state index in [1.165, 1.54) is 51.4 Å². The van der Waals surface area contributed by atoms with E-state index in [4.69, 9.17) is 34.4 Å². The summed E-state index contributed by atoms with van der Waals surface area (Å²) >= 11 is 0. The van der Waals surface area contributed by atoms with Crippen LogP contribution in [0.15, 0.2) is 47.6 Å². The molecule has 0 spiro atoms. The molecule has 0 fully saturated rings. The zero-order chi connectivity index (χ0) is 63.2. The summed E-state index contributed by atoms with van der Waals surface area (Å²) in [4.78, 5) is 163. The number of aliphatic carboxylic acids is 1. The van der Waals surface area contributed by atoms with Crippen molar-refractivity contribution in [1.29, 1.82) is 0 Å². The Bertz CT molecular complexity index is 2680. The lowest BCUT2D eigenvalue weighted by atomic mass is 10.0. The molecule has 0 aliphatic carbocycles. The molecular weight excluding hydrogens is 1110 g/mol. The number of carboxylic acid groups (broad SMARTS) is 1. The van der Waals surface area contributed by atoms with E-state index in [1.807, 2.05) is 0 Å². The summed E-state index contributed by atoms with van der Waals surface area (Å²) in [7, 11) is 0. The topological polar surface area (TPSA) is 586 Å². The standard InChI is InChI=1S/C50H83N23O12/c1-25(2)38(73-47(83)39(27(4)74)72-37(75)21-62-42(78)34(15-28-18-57-22-63-28)69-41(77)31(52)9-7-13-60-49(53)54)46(82)68-32(10-5-6-12-51)43(79)70-35(16-29-19-58-23-64-29)45(81)66-26(3)40(76)67-33(11-8-14-61-50(55)56)44(80)71-36(48(84)85)17-30-20-59-24-65-30/h18-20,22-27,31-36,38-39,74H,5-17,21,51-52H2,1-4H3,(H,57,63)(H,58,64)(H,59,65)(H,62,78)(H,66,81)(H,67,76)(H,68,82)(H,69,77)(H,70,79)(H,71,80)(H,72,75)(H,73,83)(H,84,85)(H4,53,54,60)(H4,55,56,61)/t26-,27+,31-,32-,33-,34-,35-,36-,38-,39-/m0/s1. The van der Waals surface area contributed by atoms with Crippen molar-refractivity contribution >= 4 is 71.1 Å². The van der Waals surface area contributed by atoms with Crippen molar-refractivity contribution in [3.05, 3.63) is 54.7 Å². The number of nitrogens with two attached hydrogens (primary N) is 6. The van der Waals surface area contributed by atoms with Gasteiger partial charge in [0, 0.05) is 68.0 Å². The molecule has 470 valence electrons. The van der Waals surface area contributed by atoms with Crippen LogP contribution in [0.25, 0.3) is 0 Å². The summed E-state index contributed by atoms with van der Waals surface area (Å²) in [5.74, 6) is -10.2. The van der Waals surface area contributed by atoms with Gasteiger partial charge in [0.25, 0.3) is 0 Å². The van der Waals surface area contributed by atoms with Crippen LogP contribution < -0.4 is 82.3 Å². The van der Waals surface area contributed by atoms with E-state index in [1.54, 1.807) is 13.8 Å². The van der Waals surface area contributed by atoms with Crippen LogP contribution in [-0.2, 0) is 67.2 Å². The highest BCUT2D eigenvalue weighted by molar-refractivity contribution is 5.98. The van der Waals surface area contributed by atoms with E-state index in [0.717, 1.165) is 0 Å². The predicted octanol–water partition coefficient (Wildman–Crippen LogP) is -7.42. The molecular formula is C50H83N23O12. The second kappa shape index (κ2) is 36.4. The number of carbonyl (C=O) groups is 10. The monoisotopic (exact) mass is 1200 g/mol. The third kappa shape index (κ3) is 25.8. The Kier molecular flexibility index (Phi) is 29.9. The fourth-order valence-electron chi connectivity index (χ4n) is 8.11. The summed E-state index contributed by atoms with van der Waals surface area (Å²) in [6.07, 6.45) is 7.54. The number of hydrogen-bond acceptors (Lipinski definition) is 18. The van der Waals surface area contributed by atoms with Gasteiger partial charge in [-0.15, -0.1) is 0 Å². The van der Waals surface area contributed by atoms with Gasteiger partial charge in [0.05, 0.1) is 37.7 Å². The van der Waals surface area contributed by atoms with Crippen LogP contribution in [-0.4, -0.2) is 198 Å². The molecule has 0 aromatic carbocycles. The number of guanidine groups is 2. The molecule has 35 heteroatoms. The number of aliphatic hydroxyl groups is 1. The van der Waals surface area contributed by atoms with Gasteiger partial charge >= 0.3 is 5.97 Å². The Labute approximate surface area is 489 Å². The number of carbonyl (C=O) groups excluding carboxylic acids is 9. The maximum atomic E-state index is 14.3. The first-order chi connectivity index (χ1) is 40.3. The lowest BCUT2D eigenvalue weighted by molar-refractivity contribution is -0.142. The van der Waals surface area contributed by atoms with Gasteiger partial charge in [-0.25, -0.2) is 19.7 Å². The van der Waals surface area contributed by atoms with E-state index in [-0.39, 0.29) is 76.5 Å². The zero-order valence-corrected chi connectivity index (χ0v) is 47.9. The number of aromatic nitrogens is 6. The van der Waals surface area contributed by atoms with Crippen LogP contribution >= 0.6 is 0 Å². The van der Waals surface area contributed by atoms with Crippen molar-refractivity contribution in [2.45, 2.75) is 152 Å². The van der Waals surface area contributed by atoms with E-state index in [0.29, 0.717) is 36.3 Å². The van der Waals surface area contributed by atoms with Crippen molar-refractivity contribution in [2.75, 3.05) is 26.2 Å². The van der Waals surface area contributed by atoms with Crippen molar-refractivity contribution in [1.82, 2.24) is 77.8 Å². The first kappa shape index (κ1) is 70.0. The Morgan fingerprint density at radius 1 is 0.518 bits per heavy atom. The summed E-state index contributed by atoms with van der Waals surface area (Å²) in [6, 6.07) is -12.3. The molecule has 3 aromatic rings. The van der Waals surface area contributed by atoms with Crippen molar-refractivity contribution in [2.24, 2.45) is 50.3 Å². The van der Waals surface area contributed by atoms with E-state index in [9.17, 15) is 58.2 Å². The molecule has 0 unspecified atom stereocenters. The van der Waals surface area contributed by atoms with E-state index in [2.05, 4.69) is 87.7 Å². The van der Waals surface area contributed by atoms with Crippen LogP contribution in [0.4, 0.5) is 0 Å². The normalized spacial score (nSPS) is 14.6. The number of nitrogens with zero attached hydrogens (tertiary/aromatic N) is 5. The molecule has 0 saturated heterocycles. The van der Waals surface area contributed by atoms with Gasteiger partial charge in [0.2, 0.25) is 53.2 Å². The van der Waals surface area contributed by atoms with Gasteiger partial charge in [-0.1, -0.05) is 13.8 Å². The molecule has 85 heavy (non-hydrogen) atoms. The maximum absolute atomic E-state index is 14.3. The average molecular weight is 1200 g/mol. The van der Waals surface area contributed by atoms with E-state index < -0.39 is 132 Å². The van der Waals surface area contributed by atoms with Gasteiger partial charge in [0.1, 0.15) is 48.3 Å². The third-order valence-electron chi connectivity index (χ3n) is 12.8. The predicted molar refractivity (Wildman–Crippen MR) is 306 cm³/mol. The number of hydrogen-bond donors (Lipinski definition) is 20. The highest BCUT2D eigenvalue weighted by atomic mass is 16.4. The SMILES string of the molecule is CC(C)[C@H](NC(=O)[C@@H](NC(=O)CNC(=O)[C@H](Cc1cnc[nH]1)NC(=O)[C@@H](N)CCCN=C(N)N)[C@@H](C)O)C(=O)N[C@@H](CCCCN)C(=O)N[C@@H](Cc1cnc[nH]1)C(=O)N[C@@H](C)C(=O)N[C@@H](CCCN=C(N)N)C(=O)N[C@@H](Cc1cnc[nH]1)C(=O)O. The van der Waals surface area contributed by atoms with Crippen LogP contribution in [0.3, 0.4) is 0 Å². The highest BCUT2D eigenvalue weighted by Gasteiger charge is 2.36. The molecule has 9 amide bonds. The molecule has 0 aliphatic rings.